The lowest BCUT2D eigenvalue weighted by Crippen LogP contribution is -2.05. The van der Waals surface area contributed by atoms with Gasteiger partial charge in [-0.15, -0.1) is 0 Å². The fourth-order valence-electron chi connectivity index (χ4n) is 1.80. The average molecular weight is 285 g/mol. The van der Waals surface area contributed by atoms with Gasteiger partial charge in [0.25, 0.3) is 0 Å². The summed E-state index contributed by atoms with van der Waals surface area (Å²) in [6, 6.07) is 4.09. The number of aryl methyl sites for hydroxylation is 1. The van der Waals surface area contributed by atoms with Crippen LogP contribution in [0.3, 0.4) is 0 Å². The summed E-state index contributed by atoms with van der Waals surface area (Å²) in [5.41, 5.74) is 2.02. The number of carbonyl (C=O) groups is 1. The number of carbonyl (C=O) groups excluding carboxylic acids is 1. The van der Waals surface area contributed by atoms with E-state index in [0.717, 1.165) is 21.4 Å². The molecule has 0 spiro atoms. The maximum absolute atomic E-state index is 11.8. The molecule has 0 aliphatic carbocycles. The van der Waals surface area contributed by atoms with E-state index >= 15 is 0 Å². The molecule has 2 rings (SSSR count). The minimum absolute atomic E-state index is 0.140. The highest BCUT2D eigenvalue weighted by atomic mass is 79.9. The molecule has 1 heterocycles. The van der Waals surface area contributed by atoms with Crippen LogP contribution in [0.2, 0.25) is 0 Å². The Hall–Kier alpha value is -0.540. The monoisotopic (exact) mass is 284 g/mol. The van der Waals surface area contributed by atoms with E-state index in [4.69, 9.17) is 0 Å². The molecule has 0 bridgehead atoms. The first kappa shape index (κ1) is 11.0. The molecule has 80 valence electrons. The van der Waals surface area contributed by atoms with Crippen LogP contribution < -0.4 is 0 Å². The lowest BCUT2D eigenvalue weighted by molar-refractivity contribution is 0.104. The Labute approximate surface area is 101 Å². The van der Waals surface area contributed by atoms with Gasteiger partial charge in [0.15, 0.2) is 5.78 Å². The fraction of sp³-hybridized carbons (Fsp3) is 0.250. The van der Waals surface area contributed by atoms with Gasteiger partial charge >= 0.3 is 0 Å². The van der Waals surface area contributed by atoms with Crippen molar-refractivity contribution in [2.24, 2.45) is 0 Å². The molecule has 1 aromatic rings. The standard InChI is InChI=1S/C12H13BrOS/c1-3-15-5-4-11(14)9-6-8(2)7-10(13)12(9)15/h4-7,15H,3H2,1-2H3. The molecule has 0 saturated carbocycles. The molecular formula is C12H13BrOS. The number of ketones is 1. The van der Waals surface area contributed by atoms with Crippen LogP contribution in [-0.4, -0.2) is 11.5 Å². The molecule has 3 heteroatoms. The van der Waals surface area contributed by atoms with Crippen LogP contribution in [0, 0.1) is 6.92 Å². The van der Waals surface area contributed by atoms with Crippen LogP contribution >= 0.6 is 26.8 Å². The van der Waals surface area contributed by atoms with Crippen LogP contribution in [0.15, 0.2) is 33.0 Å². The SMILES string of the molecule is CC[SH]1C=CC(=O)c2cc(C)cc(Br)c21. The second kappa shape index (κ2) is 4.14. The third-order valence-electron chi connectivity index (χ3n) is 2.51. The molecule has 0 radical (unpaired) electrons. The summed E-state index contributed by atoms with van der Waals surface area (Å²) in [7, 11) is -0.293. The molecular weight excluding hydrogens is 272 g/mol. The minimum Gasteiger partial charge on any atom is -0.289 e. The Bertz CT molecular complexity index is 451. The summed E-state index contributed by atoms with van der Waals surface area (Å²) in [5.74, 6) is 1.23. The lowest BCUT2D eigenvalue weighted by Gasteiger charge is -2.24. The van der Waals surface area contributed by atoms with Crippen molar-refractivity contribution in [2.45, 2.75) is 18.7 Å². The zero-order chi connectivity index (χ0) is 11.0. The zero-order valence-corrected chi connectivity index (χ0v) is 11.2. The van der Waals surface area contributed by atoms with Crippen molar-refractivity contribution < 1.29 is 4.79 Å². The van der Waals surface area contributed by atoms with Crippen molar-refractivity contribution >= 4 is 32.6 Å². The molecule has 1 nitrogen and oxygen atoms in total. The van der Waals surface area contributed by atoms with Crippen molar-refractivity contribution in [1.29, 1.82) is 0 Å². The Morgan fingerprint density at radius 3 is 2.80 bits per heavy atom. The molecule has 1 atom stereocenters. The Balaban J connectivity index is 2.66. The van der Waals surface area contributed by atoms with E-state index in [1.165, 1.54) is 4.90 Å². The number of rotatable bonds is 1. The quantitative estimate of drug-likeness (QED) is 0.776. The molecule has 0 amide bonds. The zero-order valence-electron chi connectivity index (χ0n) is 8.75. The summed E-state index contributed by atoms with van der Waals surface area (Å²) in [6.07, 6.45) is 1.73. The molecule has 0 aromatic heterocycles. The van der Waals surface area contributed by atoms with E-state index in [1.54, 1.807) is 6.08 Å². The van der Waals surface area contributed by atoms with Crippen molar-refractivity contribution in [3.8, 4) is 0 Å². The topological polar surface area (TPSA) is 17.1 Å². The molecule has 1 aromatic carbocycles. The number of benzene rings is 1. The Morgan fingerprint density at radius 2 is 2.13 bits per heavy atom. The van der Waals surface area contributed by atoms with Gasteiger partial charge in [-0.1, -0.05) is 6.92 Å². The number of allylic oxidation sites excluding steroid dienone is 1. The molecule has 15 heavy (non-hydrogen) atoms. The van der Waals surface area contributed by atoms with Crippen LogP contribution in [0.25, 0.3) is 0 Å². The van der Waals surface area contributed by atoms with Crippen LogP contribution in [0.5, 0.6) is 0 Å². The van der Waals surface area contributed by atoms with Crippen LogP contribution in [0.4, 0.5) is 0 Å². The molecule has 0 N–H and O–H groups in total. The van der Waals surface area contributed by atoms with Gasteiger partial charge in [-0.25, -0.2) is 10.9 Å². The van der Waals surface area contributed by atoms with Crippen molar-refractivity contribution in [2.75, 3.05) is 5.75 Å². The predicted molar refractivity (Wildman–Crippen MR) is 70.1 cm³/mol. The first-order valence-electron chi connectivity index (χ1n) is 4.92. The van der Waals surface area contributed by atoms with Gasteiger partial charge < -0.3 is 0 Å². The number of thiol groups is 1. The van der Waals surface area contributed by atoms with Gasteiger partial charge in [0.1, 0.15) is 0 Å². The Kier molecular flexibility index (Phi) is 3.03. The van der Waals surface area contributed by atoms with E-state index in [0.29, 0.717) is 0 Å². The smallest absolute Gasteiger partial charge is 0.187 e. The maximum Gasteiger partial charge on any atom is 0.187 e. The van der Waals surface area contributed by atoms with Crippen LogP contribution in [0.1, 0.15) is 22.8 Å². The second-order valence-corrected chi connectivity index (χ2v) is 6.78. The molecule has 1 unspecified atom stereocenters. The highest BCUT2D eigenvalue weighted by Crippen LogP contribution is 2.47. The van der Waals surface area contributed by atoms with Crippen molar-refractivity contribution in [3.63, 3.8) is 0 Å². The van der Waals surface area contributed by atoms with Gasteiger partial charge in [-0.05, 0) is 57.8 Å². The van der Waals surface area contributed by atoms with Gasteiger partial charge in [0.05, 0.1) is 0 Å². The highest BCUT2D eigenvalue weighted by molar-refractivity contribution is 9.10. The average Bonchev–Trinajstić information content (AvgIpc) is 2.19. The number of hydrogen-bond donors (Lipinski definition) is 1. The van der Waals surface area contributed by atoms with E-state index in [1.807, 2.05) is 13.0 Å². The van der Waals surface area contributed by atoms with Crippen LogP contribution in [-0.2, 0) is 0 Å². The maximum atomic E-state index is 11.8. The van der Waals surface area contributed by atoms with Crippen molar-refractivity contribution in [3.05, 3.63) is 39.2 Å². The van der Waals surface area contributed by atoms with Gasteiger partial charge in [-0.3, -0.25) is 4.79 Å². The summed E-state index contributed by atoms with van der Waals surface area (Å²) in [4.78, 5) is 13.0. The highest BCUT2D eigenvalue weighted by Gasteiger charge is 2.20. The molecule has 0 saturated heterocycles. The predicted octanol–water partition coefficient (Wildman–Crippen LogP) is 3.85. The largest absolute Gasteiger partial charge is 0.289 e. The third kappa shape index (κ3) is 1.91. The first-order chi connectivity index (χ1) is 7.13. The van der Waals surface area contributed by atoms with Gasteiger partial charge in [0, 0.05) is 14.9 Å². The van der Waals surface area contributed by atoms with E-state index in [-0.39, 0.29) is 16.7 Å². The van der Waals surface area contributed by atoms with E-state index in [2.05, 4.69) is 34.3 Å². The fourth-order valence-corrected chi connectivity index (χ4v) is 4.87. The number of fused-ring (bicyclic) bond motifs is 1. The summed E-state index contributed by atoms with van der Waals surface area (Å²) in [6.45, 7) is 4.19. The second-order valence-electron chi connectivity index (χ2n) is 3.61. The lowest BCUT2D eigenvalue weighted by atomic mass is 10.1. The Morgan fingerprint density at radius 1 is 1.40 bits per heavy atom. The molecule has 0 fully saturated rings. The van der Waals surface area contributed by atoms with Gasteiger partial charge in [-0.2, -0.15) is 0 Å². The van der Waals surface area contributed by atoms with E-state index in [9.17, 15) is 4.79 Å². The molecule has 1 aliphatic rings. The number of halogens is 1. The summed E-state index contributed by atoms with van der Waals surface area (Å²) < 4.78 is 1.09. The molecule has 1 aliphatic heterocycles. The number of hydrogen-bond acceptors (Lipinski definition) is 1. The third-order valence-corrected chi connectivity index (χ3v) is 5.69. The summed E-state index contributed by atoms with van der Waals surface area (Å²) in [5, 5.41) is 2.07. The summed E-state index contributed by atoms with van der Waals surface area (Å²) >= 11 is 3.57. The first-order valence-corrected chi connectivity index (χ1v) is 7.31. The van der Waals surface area contributed by atoms with Crippen molar-refractivity contribution in [1.82, 2.24) is 0 Å². The minimum atomic E-state index is -0.293. The van der Waals surface area contributed by atoms with E-state index < -0.39 is 0 Å². The van der Waals surface area contributed by atoms with Gasteiger partial charge in [0.2, 0.25) is 0 Å². The normalized spacial score (nSPS) is 21.5.